The zero-order valence-electron chi connectivity index (χ0n) is 10.3. The van der Waals surface area contributed by atoms with Gasteiger partial charge in [-0.05, 0) is 19.1 Å². The predicted octanol–water partition coefficient (Wildman–Crippen LogP) is 1.84. The number of halogens is 1. The van der Waals surface area contributed by atoms with Gasteiger partial charge in [-0.1, -0.05) is 11.6 Å². The van der Waals surface area contributed by atoms with Crippen LogP contribution in [0.5, 0.6) is 0 Å². The third-order valence-corrected chi connectivity index (χ3v) is 2.71. The fraction of sp³-hybridized carbons (Fsp3) is 0.250. The summed E-state index contributed by atoms with van der Waals surface area (Å²) in [5.41, 5.74) is 0. The van der Waals surface area contributed by atoms with Gasteiger partial charge in [0.15, 0.2) is 0 Å². The van der Waals surface area contributed by atoms with Crippen molar-refractivity contribution in [3.8, 4) is 0 Å². The van der Waals surface area contributed by atoms with Gasteiger partial charge in [0.2, 0.25) is 5.91 Å². The molecule has 0 aliphatic heterocycles. The van der Waals surface area contributed by atoms with Crippen LogP contribution >= 0.6 is 11.6 Å². The third kappa shape index (κ3) is 3.69. The van der Waals surface area contributed by atoms with Gasteiger partial charge in [-0.2, -0.15) is 0 Å². The molecular formula is C12H13ClN4O2. The molecule has 0 aliphatic carbocycles. The summed E-state index contributed by atoms with van der Waals surface area (Å²) in [6.07, 6.45) is 4.38. The second kappa shape index (κ2) is 6.19. The van der Waals surface area contributed by atoms with Crippen LogP contribution in [0.2, 0.25) is 5.02 Å². The van der Waals surface area contributed by atoms with E-state index in [0.29, 0.717) is 23.1 Å². The molecule has 0 radical (unpaired) electrons. The summed E-state index contributed by atoms with van der Waals surface area (Å²) in [6, 6.07) is 3.09. The van der Waals surface area contributed by atoms with Crippen molar-refractivity contribution in [1.29, 1.82) is 0 Å². The molecule has 1 unspecified atom stereocenters. The maximum atomic E-state index is 11.9. The van der Waals surface area contributed by atoms with E-state index in [1.165, 1.54) is 12.5 Å². The lowest BCUT2D eigenvalue weighted by atomic mass is 10.3. The maximum Gasteiger partial charge on any atom is 0.242 e. The Morgan fingerprint density at radius 2 is 2.42 bits per heavy atom. The molecular weight excluding hydrogens is 268 g/mol. The quantitative estimate of drug-likeness (QED) is 0.873. The Labute approximate surface area is 115 Å². The molecule has 0 spiro atoms. The molecule has 2 aromatic rings. The van der Waals surface area contributed by atoms with Gasteiger partial charge in [0.25, 0.3) is 0 Å². The topological polar surface area (TPSA) is 80.0 Å². The second-order valence-electron chi connectivity index (χ2n) is 3.88. The molecule has 6 nitrogen and oxygen atoms in total. The Morgan fingerprint density at radius 1 is 1.58 bits per heavy atom. The van der Waals surface area contributed by atoms with Crippen molar-refractivity contribution in [3.05, 3.63) is 41.7 Å². The lowest BCUT2D eigenvalue weighted by Gasteiger charge is -2.14. The number of hydrogen-bond donors (Lipinski definition) is 2. The number of aromatic nitrogens is 2. The van der Waals surface area contributed by atoms with Gasteiger partial charge in [0, 0.05) is 0 Å². The van der Waals surface area contributed by atoms with Crippen molar-refractivity contribution >= 4 is 23.3 Å². The summed E-state index contributed by atoms with van der Waals surface area (Å²) in [7, 11) is 0. The van der Waals surface area contributed by atoms with E-state index in [1.807, 2.05) is 0 Å². The fourth-order valence-corrected chi connectivity index (χ4v) is 1.59. The number of nitrogens with one attached hydrogen (secondary N) is 2. The van der Waals surface area contributed by atoms with Gasteiger partial charge >= 0.3 is 0 Å². The summed E-state index contributed by atoms with van der Waals surface area (Å²) in [5.74, 6) is 0.948. The molecule has 0 bridgehead atoms. The number of hydrogen-bond acceptors (Lipinski definition) is 5. The monoisotopic (exact) mass is 280 g/mol. The molecule has 0 aromatic carbocycles. The molecule has 1 amide bonds. The van der Waals surface area contributed by atoms with Crippen LogP contribution in [0.1, 0.15) is 12.7 Å². The molecule has 0 aliphatic rings. The van der Waals surface area contributed by atoms with Gasteiger partial charge < -0.3 is 15.1 Å². The number of amides is 1. The first-order chi connectivity index (χ1) is 9.16. The lowest BCUT2D eigenvalue weighted by molar-refractivity contribution is -0.121. The molecule has 1 atom stereocenters. The van der Waals surface area contributed by atoms with Crippen molar-refractivity contribution in [2.24, 2.45) is 0 Å². The summed E-state index contributed by atoms with van der Waals surface area (Å²) < 4.78 is 5.12. The summed E-state index contributed by atoms with van der Waals surface area (Å²) >= 11 is 5.90. The minimum absolute atomic E-state index is 0.175. The first-order valence-corrected chi connectivity index (χ1v) is 6.06. The van der Waals surface area contributed by atoms with Crippen LogP contribution in [-0.2, 0) is 11.3 Å². The van der Waals surface area contributed by atoms with Crippen molar-refractivity contribution in [1.82, 2.24) is 15.3 Å². The summed E-state index contributed by atoms with van der Waals surface area (Å²) in [4.78, 5) is 19.6. The minimum atomic E-state index is -0.470. The fourth-order valence-electron chi connectivity index (χ4n) is 1.43. The van der Waals surface area contributed by atoms with Crippen LogP contribution in [0.15, 0.2) is 35.3 Å². The predicted molar refractivity (Wildman–Crippen MR) is 70.7 cm³/mol. The van der Waals surface area contributed by atoms with E-state index < -0.39 is 6.04 Å². The number of rotatable bonds is 5. The van der Waals surface area contributed by atoms with Crippen molar-refractivity contribution in [2.45, 2.75) is 19.5 Å². The standard InChI is InChI=1S/C12H13ClN4O2/c1-8(17-11-10(13)6-14-7-16-11)12(18)15-5-9-3-2-4-19-9/h2-4,6-8H,5H2,1H3,(H,15,18)(H,14,16,17). The number of anilines is 1. The highest BCUT2D eigenvalue weighted by atomic mass is 35.5. The van der Waals surface area contributed by atoms with Crippen LogP contribution < -0.4 is 10.6 Å². The van der Waals surface area contributed by atoms with Gasteiger partial charge in [0.1, 0.15) is 29.0 Å². The average molecular weight is 281 g/mol. The van der Waals surface area contributed by atoms with Crippen LogP contribution in [0.3, 0.4) is 0 Å². The molecule has 0 fully saturated rings. The summed E-state index contributed by atoms with van der Waals surface area (Å²) in [5, 5.41) is 6.03. The Morgan fingerprint density at radius 3 is 3.11 bits per heavy atom. The smallest absolute Gasteiger partial charge is 0.242 e. The molecule has 2 aromatic heterocycles. The number of nitrogens with zero attached hydrogens (tertiary/aromatic N) is 2. The SMILES string of the molecule is CC(Nc1ncncc1Cl)C(=O)NCc1ccco1. The van der Waals surface area contributed by atoms with Gasteiger partial charge in [0.05, 0.1) is 19.0 Å². The van der Waals surface area contributed by atoms with Crippen molar-refractivity contribution in [3.63, 3.8) is 0 Å². The zero-order valence-corrected chi connectivity index (χ0v) is 11.0. The molecule has 0 saturated heterocycles. The van der Waals surface area contributed by atoms with E-state index in [1.54, 1.807) is 25.3 Å². The molecule has 7 heteroatoms. The largest absolute Gasteiger partial charge is 0.467 e. The molecule has 0 saturated carbocycles. The first-order valence-electron chi connectivity index (χ1n) is 5.69. The Bertz CT molecular complexity index is 544. The highest BCUT2D eigenvalue weighted by molar-refractivity contribution is 6.32. The zero-order chi connectivity index (χ0) is 13.7. The second-order valence-corrected chi connectivity index (χ2v) is 4.29. The van der Waals surface area contributed by atoms with Crippen molar-refractivity contribution < 1.29 is 9.21 Å². The van der Waals surface area contributed by atoms with Crippen LogP contribution in [-0.4, -0.2) is 21.9 Å². The van der Waals surface area contributed by atoms with Gasteiger partial charge in [-0.25, -0.2) is 9.97 Å². The lowest BCUT2D eigenvalue weighted by Crippen LogP contribution is -2.37. The molecule has 2 N–H and O–H groups in total. The average Bonchev–Trinajstić information content (AvgIpc) is 2.91. The third-order valence-electron chi connectivity index (χ3n) is 2.43. The van der Waals surface area contributed by atoms with E-state index in [-0.39, 0.29) is 5.91 Å². The van der Waals surface area contributed by atoms with E-state index in [2.05, 4.69) is 20.6 Å². The van der Waals surface area contributed by atoms with E-state index in [9.17, 15) is 4.79 Å². The molecule has 19 heavy (non-hydrogen) atoms. The Hall–Kier alpha value is -2.08. The summed E-state index contributed by atoms with van der Waals surface area (Å²) in [6.45, 7) is 2.06. The van der Waals surface area contributed by atoms with Gasteiger partial charge in [-0.15, -0.1) is 0 Å². The van der Waals surface area contributed by atoms with Crippen LogP contribution in [0.4, 0.5) is 5.82 Å². The van der Waals surface area contributed by atoms with Crippen molar-refractivity contribution in [2.75, 3.05) is 5.32 Å². The minimum Gasteiger partial charge on any atom is -0.467 e. The van der Waals surface area contributed by atoms with Crippen LogP contribution in [0, 0.1) is 0 Å². The number of carbonyl (C=O) groups is 1. The molecule has 2 rings (SSSR count). The highest BCUT2D eigenvalue weighted by Crippen LogP contribution is 2.16. The number of furan rings is 1. The molecule has 2 heterocycles. The van der Waals surface area contributed by atoms with Gasteiger partial charge in [-0.3, -0.25) is 4.79 Å². The molecule has 100 valence electrons. The maximum absolute atomic E-state index is 11.9. The Balaban J connectivity index is 1.87. The Kier molecular flexibility index (Phi) is 4.35. The van der Waals surface area contributed by atoms with E-state index in [0.717, 1.165) is 0 Å². The number of carbonyl (C=O) groups excluding carboxylic acids is 1. The van der Waals surface area contributed by atoms with E-state index >= 15 is 0 Å². The normalized spacial score (nSPS) is 11.9. The van der Waals surface area contributed by atoms with E-state index in [4.69, 9.17) is 16.0 Å². The van der Waals surface area contributed by atoms with Crippen LogP contribution in [0.25, 0.3) is 0 Å². The highest BCUT2D eigenvalue weighted by Gasteiger charge is 2.14. The first kappa shape index (κ1) is 13.4.